The number of ketones is 1. The van der Waals surface area contributed by atoms with E-state index in [1.165, 1.54) is 24.5 Å². The molecule has 1 N–H and O–H groups in total. The summed E-state index contributed by atoms with van der Waals surface area (Å²) in [5, 5.41) is 11.4. The lowest BCUT2D eigenvalue weighted by Crippen LogP contribution is -2.29. The number of aliphatic hydroxyl groups is 1. The topological polar surface area (TPSA) is 80.0 Å². The number of carbonyl (C=O) groups is 2. The van der Waals surface area contributed by atoms with Crippen LogP contribution in [-0.2, 0) is 9.59 Å². The fourth-order valence-corrected chi connectivity index (χ4v) is 4.17. The molecule has 3 aromatic rings. The van der Waals surface area contributed by atoms with Crippen LogP contribution in [0.5, 0.6) is 5.75 Å². The summed E-state index contributed by atoms with van der Waals surface area (Å²) >= 11 is 0. The number of carbonyl (C=O) groups excluding carboxylic acids is 2. The summed E-state index contributed by atoms with van der Waals surface area (Å²) in [4.78, 5) is 27.4. The minimum absolute atomic E-state index is 0.0858. The number of halogens is 1. The number of hydrogen-bond donors (Lipinski definition) is 1. The predicted molar refractivity (Wildman–Crippen MR) is 122 cm³/mol. The highest BCUT2D eigenvalue weighted by Gasteiger charge is 2.48. The molecule has 0 aliphatic carbocycles. The summed E-state index contributed by atoms with van der Waals surface area (Å²) in [7, 11) is 1.57. The average molecular weight is 449 g/mol. The van der Waals surface area contributed by atoms with E-state index in [1.54, 1.807) is 38.3 Å². The molecular weight excluding hydrogens is 425 g/mol. The fourth-order valence-electron chi connectivity index (χ4n) is 4.17. The van der Waals surface area contributed by atoms with Gasteiger partial charge in [-0.2, -0.15) is 0 Å². The molecule has 1 aliphatic heterocycles. The molecule has 6 nitrogen and oxygen atoms in total. The number of hydrogen-bond acceptors (Lipinski definition) is 5. The van der Waals surface area contributed by atoms with Crippen LogP contribution in [-0.4, -0.2) is 23.9 Å². The quantitative estimate of drug-likeness (QED) is 0.317. The van der Waals surface area contributed by atoms with Gasteiger partial charge in [0.1, 0.15) is 29.1 Å². The van der Waals surface area contributed by atoms with Crippen LogP contribution < -0.4 is 9.64 Å². The van der Waals surface area contributed by atoms with Crippen molar-refractivity contribution in [2.75, 3.05) is 12.0 Å². The van der Waals surface area contributed by atoms with E-state index in [4.69, 9.17) is 9.15 Å². The molecular formula is C26H24FNO5. The van der Waals surface area contributed by atoms with E-state index in [0.717, 1.165) is 16.5 Å². The largest absolute Gasteiger partial charge is 0.507 e. The molecule has 1 atom stereocenters. The van der Waals surface area contributed by atoms with Crippen LogP contribution in [0.3, 0.4) is 0 Å². The van der Waals surface area contributed by atoms with Gasteiger partial charge in [-0.15, -0.1) is 0 Å². The van der Waals surface area contributed by atoms with Gasteiger partial charge in [0.2, 0.25) is 0 Å². The zero-order valence-electron chi connectivity index (χ0n) is 18.8. The molecule has 0 saturated carbocycles. The van der Waals surface area contributed by atoms with Gasteiger partial charge >= 0.3 is 0 Å². The van der Waals surface area contributed by atoms with E-state index < -0.39 is 23.5 Å². The Morgan fingerprint density at radius 3 is 2.52 bits per heavy atom. The Hall–Kier alpha value is -3.87. The maximum Gasteiger partial charge on any atom is 0.300 e. The molecule has 2 heterocycles. The Morgan fingerprint density at radius 1 is 1.15 bits per heavy atom. The number of anilines is 1. The van der Waals surface area contributed by atoms with Crippen molar-refractivity contribution < 1.29 is 28.2 Å². The van der Waals surface area contributed by atoms with Crippen LogP contribution in [0.25, 0.3) is 5.76 Å². The standard InChI is InChI=1S/C26H24FNO5/c1-14(2)18-13-19(15(3)11-21(18)32-4)24(29)22-23(20-9-6-10-33-20)28(26(31)25(22)30)17-8-5-7-16(27)12-17/h5-14,23,29H,1-4H3/b24-22+. The molecule has 0 bridgehead atoms. The molecule has 1 amide bonds. The van der Waals surface area contributed by atoms with Crippen LogP contribution in [0.15, 0.2) is 64.8 Å². The molecule has 2 aromatic carbocycles. The van der Waals surface area contributed by atoms with Gasteiger partial charge in [0.25, 0.3) is 11.7 Å². The van der Waals surface area contributed by atoms with Crippen molar-refractivity contribution in [2.24, 2.45) is 0 Å². The number of rotatable bonds is 5. The molecule has 1 aliphatic rings. The fraction of sp³-hybridized carbons (Fsp3) is 0.231. The Balaban J connectivity index is 1.96. The maximum atomic E-state index is 14.0. The number of nitrogens with zero attached hydrogens (tertiary/aromatic N) is 1. The number of ether oxygens (including phenoxy) is 1. The van der Waals surface area contributed by atoms with Crippen molar-refractivity contribution >= 4 is 23.1 Å². The van der Waals surface area contributed by atoms with E-state index in [1.807, 2.05) is 13.8 Å². The third kappa shape index (κ3) is 3.80. The van der Waals surface area contributed by atoms with Gasteiger partial charge in [-0.1, -0.05) is 19.9 Å². The summed E-state index contributed by atoms with van der Waals surface area (Å²) in [6.07, 6.45) is 1.41. The van der Waals surface area contributed by atoms with Crippen molar-refractivity contribution in [2.45, 2.75) is 32.7 Å². The van der Waals surface area contributed by atoms with Crippen molar-refractivity contribution in [3.8, 4) is 5.75 Å². The number of aliphatic hydroxyl groups excluding tert-OH is 1. The van der Waals surface area contributed by atoms with Crippen molar-refractivity contribution in [1.29, 1.82) is 0 Å². The normalized spacial score (nSPS) is 17.8. The Labute approximate surface area is 190 Å². The average Bonchev–Trinajstić information content (AvgIpc) is 3.40. The molecule has 1 saturated heterocycles. The number of amides is 1. The van der Waals surface area contributed by atoms with Crippen molar-refractivity contribution in [1.82, 2.24) is 0 Å². The lowest BCUT2D eigenvalue weighted by atomic mass is 9.92. The van der Waals surface area contributed by atoms with Gasteiger partial charge < -0.3 is 14.3 Å². The molecule has 0 spiro atoms. The van der Waals surface area contributed by atoms with E-state index >= 15 is 0 Å². The van der Waals surface area contributed by atoms with Crippen LogP contribution in [0.4, 0.5) is 10.1 Å². The molecule has 170 valence electrons. The summed E-state index contributed by atoms with van der Waals surface area (Å²) < 4.78 is 25.0. The van der Waals surface area contributed by atoms with E-state index in [2.05, 4.69) is 0 Å². The third-order valence-corrected chi connectivity index (χ3v) is 5.80. The third-order valence-electron chi connectivity index (χ3n) is 5.80. The predicted octanol–water partition coefficient (Wildman–Crippen LogP) is 5.49. The molecule has 1 fully saturated rings. The zero-order valence-corrected chi connectivity index (χ0v) is 18.8. The highest BCUT2D eigenvalue weighted by molar-refractivity contribution is 6.51. The second kappa shape index (κ2) is 8.58. The van der Waals surface area contributed by atoms with Crippen LogP contribution >= 0.6 is 0 Å². The highest BCUT2D eigenvalue weighted by Crippen LogP contribution is 2.43. The first kappa shape index (κ1) is 22.3. The lowest BCUT2D eigenvalue weighted by Gasteiger charge is -2.23. The van der Waals surface area contributed by atoms with E-state index in [-0.39, 0.29) is 28.7 Å². The summed E-state index contributed by atoms with van der Waals surface area (Å²) in [6.45, 7) is 5.76. The molecule has 1 unspecified atom stereocenters. The first-order valence-electron chi connectivity index (χ1n) is 10.5. The number of furan rings is 1. The molecule has 4 rings (SSSR count). The molecule has 7 heteroatoms. The molecule has 33 heavy (non-hydrogen) atoms. The second-order valence-electron chi connectivity index (χ2n) is 8.23. The Bertz CT molecular complexity index is 1260. The van der Waals surface area contributed by atoms with Gasteiger partial charge in [-0.25, -0.2) is 4.39 Å². The summed E-state index contributed by atoms with van der Waals surface area (Å²) in [5.41, 5.74) is 1.99. The first-order valence-corrected chi connectivity index (χ1v) is 10.5. The SMILES string of the molecule is COc1cc(C)c(/C(O)=C2\C(=O)C(=O)N(c3cccc(F)c3)C2c2ccco2)cc1C(C)C. The monoisotopic (exact) mass is 449 g/mol. The van der Waals surface area contributed by atoms with Crippen molar-refractivity contribution in [3.63, 3.8) is 0 Å². The van der Waals surface area contributed by atoms with Crippen LogP contribution in [0, 0.1) is 12.7 Å². The van der Waals surface area contributed by atoms with Gasteiger partial charge in [-0.05, 0) is 66.4 Å². The summed E-state index contributed by atoms with van der Waals surface area (Å²) in [6, 6.07) is 11.1. The highest BCUT2D eigenvalue weighted by atomic mass is 19.1. The molecule has 0 radical (unpaired) electrons. The van der Waals surface area contributed by atoms with Crippen molar-refractivity contribution in [3.05, 3.63) is 88.6 Å². The smallest absolute Gasteiger partial charge is 0.300 e. The zero-order chi connectivity index (χ0) is 23.9. The summed E-state index contributed by atoms with van der Waals surface area (Å²) in [5.74, 6) is -1.60. The minimum atomic E-state index is -1.05. The maximum absolute atomic E-state index is 14.0. The second-order valence-corrected chi connectivity index (χ2v) is 8.23. The van der Waals surface area contributed by atoms with E-state index in [9.17, 15) is 19.1 Å². The van der Waals surface area contributed by atoms with Gasteiger partial charge in [0.05, 0.1) is 18.9 Å². The Morgan fingerprint density at radius 2 is 1.91 bits per heavy atom. The minimum Gasteiger partial charge on any atom is -0.507 e. The number of benzene rings is 2. The first-order chi connectivity index (χ1) is 15.7. The Kier molecular flexibility index (Phi) is 5.80. The molecule has 1 aromatic heterocycles. The van der Waals surface area contributed by atoms with Gasteiger partial charge in [-0.3, -0.25) is 14.5 Å². The van der Waals surface area contributed by atoms with Gasteiger partial charge in [0, 0.05) is 11.3 Å². The van der Waals surface area contributed by atoms with E-state index in [0.29, 0.717) is 16.9 Å². The van der Waals surface area contributed by atoms with Crippen LogP contribution in [0.1, 0.15) is 48.3 Å². The number of methoxy groups -OCH3 is 1. The van der Waals surface area contributed by atoms with Crippen LogP contribution in [0.2, 0.25) is 0 Å². The number of Topliss-reactive ketones (excluding diaryl/α,β-unsaturated/α-hetero) is 1. The van der Waals surface area contributed by atoms with Gasteiger partial charge in [0.15, 0.2) is 0 Å². The number of aryl methyl sites for hydroxylation is 1. The lowest BCUT2D eigenvalue weighted by molar-refractivity contribution is -0.132.